The molecule has 4 heterocycles. The van der Waals surface area contributed by atoms with Crippen LogP contribution in [0.2, 0.25) is 0 Å². The van der Waals surface area contributed by atoms with E-state index in [1.807, 2.05) is 54.2 Å². The van der Waals surface area contributed by atoms with Crippen molar-refractivity contribution in [3.8, 4) is 0 Å². The lowest BCUT2D eigenvalue weighted by atomic mass is 10.2. The number of aryl methyl sites for hydroxylation is 1. The first-order chi connectivity index (χ1) is 10.7. The maximum Gasteiger partial charge on any atom is 0.274 e. The number of nitrogens with one attached hydrogen (secondary N) is 1. The van der Waals surface area contributed by atoms with Crippen LogP contribution in [-0.2, 0) is 0 Å². The fourth-order valence-electron chi connectivity index (χ4n) is 2.57. The SMILES string of the molecule is Cc1cc(NC(=O)c2cnc3ccccn23)cn2ccnc12. The summed E-state index contributed by atoms with van der Waals surface area (Å²) < 4.78 is 3.65. The summed E-state index contributed by atoms with van der Waals surface area (Å²) in [5, 5.41) is 2.91. The van der Waals surface area contributed by atoms with Crippen molar-refractivity contribution in [2.24, 2.45) is 0 Å². The van der Waals surface area contributed by atoms with Crippen LogP contribution in [0.15, 0.2) is 55.2 Å². The zero-order chi connectivity index (χ0) is 15.1. The Hall–Kier alpha value is -3.15. The van der Waals surface area contributed by atoms with Gasteiger partial charge in [-0.25, -0.2) is 9.97 Å². The smallest absolute Gasteiger partial charge is 0.274 e. The van der Waals surface area contributed by atoms with Gasteiger partial charge in [-0.1, -0.05) is 6.07 Å². The number of carbonyl (C=O) groups excluding carboxylic acids is 1. The Morgan fingerprint density at radius 2 is 2.14 bits per heavy atom. The van der Waals surface area contributed by atoms with E-state index in [2.05, 4.69) is 15.3 Å². The summed E-state index contributed by atoms with van der Waals surface area (Å²) in [4.78, 5) is 21.0. The van der Waals surface area contributed by atoms with Gasteiger partial charge in [0.15, 0.2) is 0 Å². The number of pyridine rings is 2. The first kappa shape index (κ1) is 12.6. The van der Waals surface area contributed by atoms with Crippen LogP contribution in [-0.4, -0.2) is 24.7 Å². The van der Waals surface area contributed by atoms with E-state index >= 15 is 0 Å². The minimum Gasteiger partial charge on any atom is -0.319 e. The predicted octanol–water partition coefficient (Wildman–Crippen LogP) is 2.54. The normalized spacial score (nSPS) is 11.1. The number of anilines is 1. The molecule has 0 unspecified atom stereocenters. The van der Waals surface area contributed by atoms with E-state index in [1.165, 1.54) is 0 Å². The van der Waals surface area contributed by atoms with Crippen LogP contribution in [0.4, 0.5) is 5.69 Å². The Labute approximate surface area is 126 Å². The van der Waals surface area contributed by atoms with Gasteiger partial charge in [-0.05, 0) is 30.7 Å². The molecule has 0 spiro atoms. The molecule has 0 atom stereocenters. The van der Waals surface area contributed by atoms with Crippen molar-refractivity contribution in [3.05, 3.63) is 66.5 Å². The van der Waals surface area contributed by atoms with Crippen LogP contribution in [0, 0.1) is 6.92 Å². The molecule has 1 amide bonds. The number of rotatable bonds is 2. The third-order valence-electron chi connectivity index (χ3n) is 3.58. The van der Waals surface area contributed by atoms with Crippen LogP contribution >= 0.6 is 0 Å². The van der Waals surface area contributed by atoms with Crippen LogP contribution < -0.4 is 5.32 Å². The highest BCUT2D eigenvalue weighted by molar-refractivity contribution is 6.03. The zero-order valence-corrected chi connectivity index (χ0v) is 11.9. The fraction of sp³-hybridized carbons (Fsp3) is 0.0625. The third kappa shape index (κ3) is 1.93. The molecule has 0 saturated carbocycles. The molecular weight excluding hydrogens is 278 g/mol. The van der Waals surface area contributed by atoms with Crippen molar-refractivity contribution < 1.29 is 4.79 Å². The van der Waals surface area contributed by atoms with Crippen molar-refractivity contribution in [1.82, 2.24) is 18.8 Å². The maximum atomic E-state index is 12.5. The third-order valence-corrected chi connectivity index (χ3v) is 3.58. The minimum absolute atomic E-state index is 0.197. The van der Waals surface area contributed by atoms with Gasteiger partial charge in [0.25, 0.3) is 5.91 Å². The molecule has 1 N–H and O–H groups in total. The minimum atomic E-state index is -0.197. The van der Waals surface area contributed by atoms with E-state index < -0.39 is 0 Å². The quantitative estimate of drug-likeness (QED) is 0.617. The summed E-state index contributed by atoms with van der Waals surface area (Å²) >= 11 is 0. The van der Waals surface area contributed by atoms with E-state index in [1.54, 1.807) is 16.8 Å². The zero-order valence-electron chi connectivity index (χ0n) is 11.9. The molecule has 6 heteroatoms. The average molecular weight is 291 g/mol. The number of hydrogen-bond acceptors (Lipinski definition) is 3. The number of fused-ring (bicyclic) bond motifs is 2. The molecular formula is C16H13N5O. The molecule has 4 aromatic heterocycles. The van der Waals surface area contributed by atoms with Gasteiger partial charge in [-0.2, -0.15) is 0 Å². The summed E-state index contributed by atoms with van der Waals surface area (Å²) in [7, 11) is 0. The van der Waals surface area contributed by atoms with Crippen LogP contribution in [0.1, 0.15) is 16.1 Å². The second kappa shape index (κ2) is 4.70. The van der Waals surface area contributed by atoms with Gasteiger partial charge < -0.3 is 9.72 Å². The number of nitrogens with zero attached hydrogens (tertiary/aromatic N) is 4. The monoisotopic (exact) mass is 291 g/mol. The van der Waals surface area contributed by atoms with E-state index in [-0.39, 0.29) is 5.91 Å². The summed E-state index contributed by atoms with van der Waals surface area (Å²) in [5.74, 6) is -0.197. The van der Waals surface area contributed by atoms with Crippen molar-refractivity contribution in [2.45, 2.75) is 6.92 Å². The summed E-state index contributed by atoms with van der Waals surface area (Å²) in [6.07, 6.45) is 8.83. The number of hydrogen-bond donors (Lipinski definition) is 1. The van der Waals surface area contributed by atoms with Gasteiger partial charge in [0.05, 0.1) is 11.9 Å². The lowest BCUT2D eigenvalue weighted by Crippen LogP contribution is -2.14. The number of carbonyl (C=O) groups is 1. The van der Waals surface area contributed by atoms with Crippen molar-refractivity contribution in [1.29, 1.82) is 0 Å². The van der Waals surface area contributed by atoms with E-state index in [9.17, 15) is 4.79 Å². The largest absolute Gasteiger partial charge is 0.319 e. The molecule has 22 heavy (non-hydrogen) atoms. The van der Waals surface area contributed by atoms with Crippen molar-refractivity contribution >= 4 is 22.9 Å². The van der Waals surface area contributed by atoms with Gasteiger partial charge >= 0.3 is 0 Å². The van der Waals surface area contributed by atoms with E-state index in [4.69, 9.17) is 0 Å². The second-order valence-electron chi connectivity index (χ2n) is 5.10. The molecule has 0 fully saturated rings. The molecule has 0 aliphatic heterocycles. The Morgan fingerprint density at radius 3 is 3.05 bits per heavy atom. The lowest BCUT2D eigenvalue weighted by Gasteiger charge is -2.07. The van der Waals surface area contributed by atoms with Crippen LogP contribution in [0.25, 0.3) is 11.3 Å². The summed E-state index contributed by atoms with van der Waals surface area (Å²) in [6, 6.07) is 7.52. The topological polar surface area (TPSA) is 63.7 Å². The van der Waals surface area contributed by atoms with Crippen molar-refractivity contribution in [3.63, 3.8) is 0 Å². The van der Waals surface area contributed by atoms with Crippen molar-refractivity contribution in [2.75, 3.05) is 5.32 Å². The molecule has 0 radical (unpaired) electrons. The highest BCUT2D eigenvalue weighted by atomic mass is 16.1. The first-order valence-corrected chi connectivity index (χ1v) is 6.89. The molecule has 6 nitrogen and oxygen atoms in total. The molecule has 4 aromatic rings. The average Bonchev–Trinajstić information content (AvgIpc) is 3.13. The van der Waals surface area contributed by atoms with Gasteiger partial charge in [0, 0.05) is 24.8 Å². The highest BCUT2D eigenvalue weighted by Crippen LogP contribution is 2.16. The maximum absolute atomic E-state index is 12.5. The second-order valence-corrected chi connectivity index (χ2v) is 5.10. The van der Waals surface area contributed by atoms with Gasteiger partial charge in [0.2, 0.25) is 0 Å². The predicted molar refractivity (Wildman–Crippen MR) is 83.1 cm³/mol. The van der Waals surface area contributed by atoms with E-state index in [0.717, 1.165) is 22.5 Å². The number of aromatic nitrogens is 4. The highest BCUT2D eigenvalue weighted by Gasteiger charge is 2.12. The summed E-state index contributed by atoms with van der Waals surface area (Å²) in [5.41, 5.74) is 3.85. The van der Waals surface area contributed by atoms with Crippen LogP contribution in [0.3, 0.4) is 0 Å². The molecule has 0 aliphatic carbocycles. The number of amides is 1. The molecule has 0 aliphatic rings. The fourth-order valence-corrected chi connectivity index (χ4v) is 2.57. The molecule has 0 aromatic carbocycles. The standard InChI is InChI=1S/C16H13N5O/c1-11-8-12(10-20-7-5-17-15(11)20)19-16(22)13-9-18-14-4-2-3-6-21(13)14/h2-10H,1H3,(H,19,22). The number of imidazole rings is 2. The van der Waals surface area contributed by atoms with Gasteiger partial charge in [0.1, 0.15) is 17.0 Å². The molecule has 0 saturated heterocycles. The van der Waals surface area contributed by atoms with Gasteiger partial charge in [-0.15, -0.1) is 0 Å². The Kier molecular flexibility index (Phi) is 2.69. The Morgan fingerprint density at radius 1 is 1.23 bits per heavy atom. The molecule has 108 valence electrons. The first-order valence-electron chi connectivity index (χ1n) is 6.89. The Balaban J connectivity index is 1.71. The Bertz CT molecular complexity index is 998. The lowest BCUT2D eigenvalue weighted by molar-refractivity contribution is 0.102. The van der Waals surface area contributed by atoms with Gasteiger partial charge in [-0.3, -0.25) is 9.20 Å². The molecule has 0 bridgehead atoms. The molecule has 4 rings (SSSR count). The van der Waals surface area contributed by atoms with Crippen LogP contribution in [0.5, 0.6) is 0 Å². The van der Waals surface area contributed by atoms with E-state index in [0.29, 0.717) is 5.69 Å². The summed E-state index contributed by atoms with van der Waals surface area (Å²) in [6.45, 7) is 1.96.